The first-order valence-electron chi connectivity index (χ1n) is 5.60. The minimum atomic E-state index is -0.0585. The average Bonchev–Trinajstić information content (AvgIpc) is 2.96. The number of thiophene rings is 1. The maximum absolute atomic E-state index is 12.0. The molecule has 1 atom stereocenters. The van der Waals surface area contributed by atoms with Crippen LogP contribution in [0.4, 0.5) is 0 Å². The largest absolute Gasteiger partial charge is 0.342 e. The third kappa shape index (κ3) is 2.99. The maximum atomic E-state index is 12.0. The lowest BCUT2D eigenvalue weighted by Gasteiger charge is -2.10. The van der Waals surface area contributed by atoms with Gasteiger partial charge in [-0.15, -0.1) is 22.7 Å². The number of halogens is 1. The molecule has 6 heteroatoms. The van der Waals surface area contributed by atoms with Gasteiger partial charge >= 0.3 is 0 Å². The second-order valence-electron chi connectivity index (χ2n) is 3.81. The van der Waals surface area contributed by atoms with Gasteiger partial charge in [-0.2, -0.15) is 0 Å². The quantitative estimate of drug-likeness (QED) is 0.909. The SMILES string of the molecule is CCc1cnc(C(C)NC(=O)c2sccc2Br)s1. The van der Waals surface area contributed by atoms with Crippen molar-refractivity contribution >= 4 is 44.5 Å². The third-order valence-corrected chi connectivity index (χ3v) is 5.62. The molecule has 0 bridgehead atoms. The highest BCUT2D eigenvalue weighted by molar-refractivity contribution is 9.10. The first-order chi connectivity index (χ1) is 8.61. The summed E-state index contributed by atoms with van der Waals surface area (Å²) in [4.78, 5) is 18.3. The van der Waals surface area contributed by atoms with E-state index in [0.717, 1.165) is 15.9 Å². The van der Waals surface area contributed by atoms with E-state index in [9.17, 15) is 4.79 Å². The van der Waals surface area contributed by atoms with Crippen molar-refractivity contribution in [1.29, 1.82) is 0 Å². The van der Waals surface area contributed by atoms with Crippen LogP contribution in [0.15, 0.2) is 22.1 Å². The normalized spacial score (nSPS) is 12.4. The number of amides is 1. The van der Waals surface area contributed by atoms with Crippen molar-refractivity contribution in [2.75, 3.05) is 0 Å². The van der Waals surface area contributed by atoms with E-state index in [4.69, 9.17) is 0 Å². The number of hydrogen-bond donors (Lipinski definition) is 1. The zero-order chi connectivity index (χ0) is 13.1. The first kappa shape index (κ1) is 13.7. The molecule has 0 radical (unpaired) electrons. The van der Waals surface area contributed by atoms with Crippen LogP contribution in [0.25, 0.3) is 0 Å². The Morgan fingerprint density at radius 3 is 2.94 bits per heavy atom. The smallest absolute Gasteiger partial charge is 0.263 e. The number of carbonyl (C=O) groups is 1. The molecule has 2 heterocycles. The number of thiazole rings is 1. The van der Waals surface area contributed by atoms with E-state index in [1.807, 2.05) is 24.6 Å². The molecule has 1 amide bonds. The molecule has 18 heavy (non-hydrogen) atoms. The molecule has 0 aliphatic carbocycles. The molecule has 0 saturated carbocycles. The third-order valence-electron chi connectivity index (χ3n) is 2.46. The highest BCUT2D eigenvalue weighted by Crippen LogP contribution is 2.25. The maximum Gasteiger partial charge on any atom is 0.263 e. The van der Waals surface area contributed by atoms with Crippen molar-refractivity contribution in [3.63, 3.8) is 0 Å². The van der Waals surface area contributed by atoms with E-state index in [1.165, 1.54) is 16.2 Å². The van der Waals surface area contributed by atoms with Crippen LogP contribution in [0.3, 0.4) is 0 Å². The summed E-state index contributed by atoms with van der Waals surface area (Å²) in [5, 5.41) is 5.81. The molecular formula is C12H13BrN2OS2. The molecule has 1 N–H and O–H groups in total. The molecule has 2 aromatic heterocycles. The highest BCUT2D eigenvalue weighted by atomic mass is 79.9. The second kappa shape index (κ2) is 5.95. The number of aryl methyl sites for hydroxylation is 1. The standard InChI is InChI=1S/C12H13BrN2OS2/c1-3-8-6-14-12(18-8)7(2)15-11(16)10-9(13)4-5-17-10/h4-7H,3H2,1-2H3,(H,15,16). The van der Waals surface area contributed by atoms with E-state index >= 15 is 0 Å². The molecule has 0 aliphatic rings. The lowest BCUT2D eigenvalue weighted by atomic mass is 10.3. The van der Waals surface area contributed by atoms with Crippen molar-refractivity contribution in [3.05, 3.63) is 36.9 Å². The van der Waals surface area contributed by atoms with Gasteiger partial charge in [0.2, 0.25) is 0 Å². The van der Waals surface area contributed by atoms with Crippen LogP contribution in [-0.4, -0.2) is 10.9 Å². The molecule has 0 fully saturated rings. The molecule has 0 spiro atoms. The Morgan fingerprint density at radius 2 is 2.39 bits per heavy atom. The van der Waals surface area contributed by atoms with Crippen molar-refractivity contribution in [2.24, 2.45) is 0 Å². The number of hydrogen-bond acceptors (Lipinski definition) is 4. The Hall–Kier alpha value is -0.720. The lowest BCUT2D eigenvalue weighted by Crippen LogP contribution is -2.26. The van der Waals surface area contributed by atoms with Crippen molar-refractivity contribution in [2.45, 2.75) is 26.3 Å². The van der Waals surface area contributed by atoms with Crippen molar-refractivity contribution in [1.82, 2.24) is 10.3 Å². The van der Waals surface area contributed by atoms with Crippen LogP contribution in [0.1, 0.15) is 39.4 Å². The van der Waals surface area contributed by atoms with Crippen LogP contribution < -0.4 is 5.32 Å². The number of aromatic nitrogens is 1. The molecule has 0 aromatic carbocycles. The summed E-state index contributed by atoms with van der Waals surface area (Å²) < 4.78 is 0.839. The fraction of sp³-hybridized carbons (Fsp3) is 0.333. The van der Waals surface area contributed by atoms with Gasteiger partial charge in [0.25, 0.3) is 5.91 Å². The summed E-state index contributed by atoms with van der Waals surface area (Å²) in [5.41, 5.74) is 0. The summed E-state index contributed by atoms with van der Waals surface area (Å²) in [6, 6.07) is 1.82. The predicted octanol–water partition coefficient (Wildman–Crippen LogP) is 4.02. The summed E-state index contributed by atoms with van der Waals surface area (Å²) in [6.07, 6.45) is 2.86. The topological polar surface area (TPSA) is 42.0 Å². The molecule has 2 aromatic rings. The second-order valence-corrected chi connectivity index (χ2v) is 6.73. The Kier molecular flexibility index (Phi) is 4.53. The minimum Gasteiger partial charge on any atom is -0.342 e. The van der Waals surface area contributed by atoms with Gasteiger partial charge in [-0.05, 0) is 40.7 Å². The molecule has 0 aliphatic heterocycles. The van der Waals surface area contributed by atoms with Crippen LogP contribution in [-0.2, 0) is 6.42 Å². The molecule has 0 saturated heterocycles. The van der Waals surface area contributed by atoms with Crippen LogP contribution in [0.5, 0.6) is 0 Å². The van der Waals surface area contributed by atoms with Crippen molar-refractivity contribution in [3.8, 4) is 0 Å². The Bertz CT molecular complexity index is 550. The molecule has 96 valence electrons. The van der Waals surface area contributed by atoms with E-state index in [1.54, 1.807) is 11.3 Å². The van der Waals surface area contributed by atoms with E-state index in [0.29, 0.717) is 4.88 Å². The average molecular weight is 345 g/mol. The fourth-order valence-electron chi connectivity index (χ4n) is 1.47. The van der Waals surface area contributed by atoms with Gasteiger partial charge in [-0.3, -0.25) is 4.79 Å². The minimum absolute atomic E-state index is 0.0578. The first-order valence-corrected chi connectivity index (χ1v) is 8.09. The summed E-state index contributed by atoms with van der Waals surface area (Å²) in [6.45, 7) is 4.06. The molecule has 3 nitrogen and oxygen atoms in total. The van der Waals surface area contributed by atoms with E-state index in [-0.39, 0.29) is 11.9 Å². The van der Waals surface area contributed by atoms with Crippen LogP contribution in [0, 0.1) is 0 Å². The number of nitrogens with one attached hydrogen (secondary N) is 1. The number of carbonyl (C=O) groups excluding carboxylic acids is 1. The molecule has 2 rings (SSSR count). The Balaban J connectivity index is 2.05. The monoisotopic (exact) mass is 344 g/mol. The lowest BCUT2D eigenvalue weighted by molar-refractivity contribution is 0.0943. The van der Waals surface area contributed by atoms with Gasteiger partial charge in [-0.25, -0.2) is 4.98 Å². The highest BCUT2D eigenvalue weighted by Gasteiger charge is 2.17. The number of nitrogens with zero attached hydrogens (tertiary/aromatic N) is 1. The zero-order valence-electron chi connectivity index (χ0n) is 10.1. The van der Waals surface area contributed by atoms with Gasteiger partial charge in [0.05, 0.1) is 6.04 Å². The van der Waals surface area contributed by atoms with Crippen LogP contribution in [0.2, 0.25) is 0 Å². The van der Waals surface area contributed by atoms with Crippen LogP contribution >= 0.6 is 38.6 Å². The molecule has 1 unspecified atom stereocenters. The van der Waals surface area contributed by atoms with Crippen molar-refractivity contribution < 1.29 is 4.79 Å². The predicted molar refractivity (Wildman–Crippen MR) is 79.4 cm³/mol. The fourth-order valence-corrected chi connectivity index (χ4v) is 3.78. The van der Waals surface area contributed by atoms with Gasteiger partial charge in [0.15, 0.2) is 0 Å². The summed E-state index contributed by atoms with van der Waals surface area (Å²) in [7, 11) is 0. The zero-order valence-corrected chi connectivity index (χ0v) is 13.3. The summed E-state index contributed by atoms with van der Waals surface area (Å²) in [5.74, 6) is -0.0578. The van der Waals surface area contributed by atoms with E-state index < -0.39 is 0 Å². The Labute approximate surface area is 122 Å². The Morgan fingerprint density at radius 1 is 1.61 bits per heavy atom. The molecular weight excluding hydrogens is 332 g/mol. The van der Waals surface area contributed by atoms with Gasteiger partial charge in [0.1, 0.15) is 9.88 Å². The van der Waals surface area contributed by atoms with Gasteiger partial charge < -0.3 is 5.32 Å². The van der Waals surface area contributed by atoms with E-state index in [2.05, 4.69) is 33.2 Å². The van der Waals surface area contributed by atoms with Gasteiger partial charge in [0, 0.05) is 15.5 Å². The van der Waals surface area contributed by atoms with Gasteiger partial charge in [-0.1, -0.05) is 6.92 Å². The summed E-state index contributed by atoms with van der Waals surface area (Å²) >= 11 is 6.44. The number of rotatable bonds is 4.